The lowest BCUT2D eigenvalue weighted by molar-refractivity contribution is -0.122. The Balaban J connectivity index is 2.00. The van der Waals surface area contributed by atoms with Gasteiger partial charge in [-0.15, -0.1) is 0 Å². The molecule has 1 N–H and O–H groups in total. The molecule has 0 aliphatic rings. The van der Waals surface area contributed by atoms with Crippen LogP contribution in [-0.2, 0) is 4.79 Å². The molecule has 0 heterocycles. The van der Waals surface area contributed by atoms with E-state index in [0.717, 1.165) is 0 Å². The van der Waals surface area contributed by atoms with Crippen LogP contribution < -0.4 is 10.1 Å². The van der Waals surface area contributed by atoms with Gasteiger partial charge in [0.25, 0.3) is 5.91 Å². The molecule has 0 bridgehead atoms. The maximum atomic E-state index is 12.1. The molecule has 0 aliphatic heterocycles. The van der Waals surface area contributed by atoms with E-state index in [-0.39, 0.29) is 11.7 Å². The lowest BCUT2D eigenvalue weighted by Gasteiger charge is -2.15. The molecule has 2 aromatic carbocycles. The van der Waals surface area contributed by atoms with E-state index in [1.165, 1.54) is 6.92 Å². The number of rotatable bonds is 5. The van der Waals surface area contributed by atoms with E-state index >= 15 is 0 Å². The summed E-state index contributed by atoms with van der Waals surface area (Å²) in [4.78, 5) is 23.5. The zero-order valence-electron chi connectivity index (χ0n) is 12.9. The first kappa shape index (κ1) is 16.2. The van der Waals surface area contributed by atoms with Gasteiger partial charge in [-0.25, -0.2) is 0 Å². The highest BCUT2D eigenvalue weighted by Gasteiger charge is 2.15. The first-order valence-electron chi connectivity index (χ1n) is 7.08. The van der Waals surface area contributed by atoms with Gasteiger partial charge in [0.15, 0.2) is 11.9 Å². The van der Waals surface area contributed by atoms with E-state index in [2.05, 4.69) is 5.32 Å². The first-order valence-corrected chi connectivity index (χ1v) is 7.08. The van der Waals surface area contributed by atoms with Crippen molar-refractivity contribution in [1.82, 2.24) is 0 Å². The summed E-state index contributed by atoms with van der Waals surface area (Å²) in [6.07, 6.45) is -0.729. The molecule has 0 radical (unpaired) electrons. The molecule has 0 aliphatic carbocycles. The molecule has 0 fully saturated rings. The van der Waals surface area contributed by atoms with Crippen molar-refractivity contribution in [2.24, 2.45) is 0 Å². The molecule has 1 atom stereocenters. The van der Waals surface area contributed by atoms with Gasteiger partial charge < -0.3 is 10.1 Å². The quantitative estimate of drug-likeness (QED) is 0.860. The third-order valence-corrected chi connectivity index (χ3v) is 3.20. The number of ketones is 1. The zero-order valence-corrected chi connectivity index (χ0v) is 12.9. The summed E-state index contributed by atoms with van der Waals surface area (Å²) >= 11 is 0. The Bertz CT molecular complexity index is 761. The van der Waals surface area contributed by atoms with Crippen LogP contribution >= 0.6 is 0 Å². The van der Waals surface area contributed by atoms with E-state index in [1.54, 1.807) is 55.5 Å². The van der Waals surface area contributed by atoms with E-state index in [9.17, 15) is 9.59 Å². The molecular formula is C18H16N2O3. The minimum Gasteiger partial charge on any atom is -0.481 e. The van der Waals surface area contributed by atoms with E-state index in [0.29, 0.717) is 22.6 Å². The Morgan fingerprint density at radius 2 is 1.87 bits per heavy atom. The van der Waals surface area contributed by atoms with E-state index < -0.39 is 6.10 Å². The topological polar surface area (TPSA) is 79.2 Å². The molecule has 0 saturated carbocycles. The zero-order chi connectivity index (χ0) is 16.8. The van der Waals surface area contributed by atoms with Crippen LogP contribution in [-0.4, -0.2) is 17.8 Å². The van der Waals surface area contributed by atoms with Crippen molar-refractivity contribution in [3.8, 4) is 11.8 Å². The Labute approximate surface area is 134 Å². The molecule has 23 heavy (non-hydrogen) atoms. The minimum atomic E-state index is -0.729. The number of hydrogen-bond donors (Lipinski definition) is 1. The van der Waals surface area contributed by atoms with Crippen molar-refractivity contribution < 1.29 is 14.3 Å². The molecule has 1 amide bonds. The summed E-state index contributed by atoms with van der Waals surface area (Å²) in [6.45, 7) is 3.10. The number of nitriles is 1. The average molecular weight is 308 g/mol. The summed E-state index contributed by atoms with van der Waals surface area (Å²) in [7, 11) is 0. The fourth-order valence-electron chi connectivity index (χ4n) is 1.92. The smallest absolute Gasteiger partial charge is 0.265 e. The number of carbonyl (C=O) groups excluding carboxylic acids is 2. The Morgan fingerprint density at radius 3 is 2.48 bits per heavy atom. The Kier molecular flexibility index (Phi) is 5.11. The first-order chi connectivity index (χ1) is 11.0. The third kappa shape index (κ3) is 4.42. The van der Waals surface area contributed by atoms with Crippen LogP contribution in [0.3, 0.4) is 0 Å². The number of Topliss-reactive ketones (excluding diaryl/α,β-unsaturated/α-hetero) is 1. The molecular weight excluding hydrogens is 292 g/mol. The standard InChI is InChI=1S/C18H16N2O3/c1-12(21)15-4-3-5-17(10-15)23-13(2)18(22)20-16-8-6-14(11-19)7-9-16/h3-10,13H,1-2H3,(H,20,22)/t13-/m0/s1. The van der Waals surface area contributed by atoms with Gasteiger partial charge in [0, 0.05) is 11.3 Å². The van der Waals surface area contributed by atoms with Crippen molar-refractivity contribution in [1.29, 1.82) is 5.26 Å². The number of hydrogen-bond acceptors (Lipinski definition) is 4. The summed E-state index contributed by atoms with van der Waals surface area (Å²) in [5, 5.41) is 11.5. The third-order valence-electron chi connectivity index (χ3n) is 3.20. The summed E-state index contributed by atoms with van der Waals surface area (Å²) in [5.41, 5.74) is 1.64. The normalized spacial score (nSPS) is 11.2. The van der Waals surface area contributed by atoms with Crippen LogP contribution in [0.1, 0.15) is 29.8 Å². The minimum absolute atomic E-state index is 0.0647. The van der Waals surface area contributed by atoms with E-state index in [1.807, 2.05) is 6.07 Å². The number of anilines is 1. The van der Waals surface area contributed by atoms with Crippen LogP contribution in [0.2, 0.25) is 0 Å². The Hall–Kier alpha value is -3.13. The maximum Gasteiger partial charge on any atom is 0.265 e. The average Bonchev–Trinajstić information content (AvgIpc) is 2.55. The second-order valence-corrected chi connectivity index (χ2v) is 5.02. The number of carbonyl (C=O) groups is 2. The number of nitrogens with zero attached hydrogens (tertiary/aromatic N) is 1. The lowest BCUT2D eigenvalue weighted by Crippen LogP contribution is -2.30. The van der Waals surface area contributed by atoms with Crippen LogP contribution in [0.15, 0.2) is 48.5 Å². The van der Waals surface area contributed by atoms with Crippen molar-refractivity contribution in [3.05, 3.63) is 59.7 Å². The predicted molar refractivity (Wildman–Crippen MR) is 86.3 cm³/mol. The molecule has 0 unspecified atom stereocenters. The van der Waals surface area contributed by atoms with Crippen molar-refractivity contribution in [3.63, 3.8) is 0 Å². The SMILES string of the molecule is CC(=O)c1cccc(O[C@@H](C)C(=O)Nc2ccc(C#N)cc2)c1. The monoisotopic (exact) mass is 308 g/mol. The molecule has 2 aromatic rings. The van der Waals surface area contributed by atoms with Crippen molar-refractivity contribution in [2.45, 2.75) is 20.0 Å². The molecule has 0 spiro atoms. The highest BCUT2D eigenvalue weighted by atomic mass is 16.5. The van der Waals surface area contributed by atoms with Gasteiger partial charge in [0.1, 0.15) is 5.75 Å². The summed E-state index contributed by atoms with van der Waals surface area (Å²) in [6, 6.07) is 15.3. The predicted octanol–water partition coefficient (Wildman–Crippen LogP) is 3.17. The van der Waals surface area contributed by atoms with Crippen LogP contribution in [0.5, 0.6) is 5.75 Å². The van der Waals surface area contributed by atoms with Crippen molar-refractivity contribution >= 4 is 17.4 Å². The van der Waals surface area contributed by atoms with Crippen LogP contribution in [0.4, 0.5) is 5.69 Å². The van der Waals surface area contributed by atoms with Gasteiger partial charge in [-0.2, -0.15) is 5.26 Å². The van der Waals surface area contributed by atoms with Gasteiger partial charge in [0.05, 0.1) is 11.6 Å². The van der Waals surface area contributed by atoms with Gasteiger partial charge in [0.2, 0.25) is 0 Å². The second-order valence-electron chi connectivity index (χ2n) is 5.02. The number of benzene rings is 2. The molecule has 5 heteroatoms. The van der Waals surface area contributed by atoms with Gasteiger partial charge in [-0.05, 0) is 50.2 Å². The maximum absolute atomic E-state index is 12.1. The number of amides is 1. The van der Waals surface area contributed by atoms with Crippen LogP contribution in [0.25, 0.3) is 0 Å². The van der Waals surface area contributed by atoms with Gasteiger partial charge >= 0.3 is 0 Å². The molecule has 0 saturated heterocycles. The van der Waals surface area contributed by atoms with E-state index in [4.69, 9.17) is 10.00 Å². The van der Waals surface area contributed by atoms with Crippen molar-refractivity contribution in [2.75, 3.05) is 5.32 Å². The lowest BCUT2D eigenvalue weighted by atomic mass is 10.1. The summed E-state index contributed by atoms with van der Waals surface area (Å²) < 4.78 is 5.57. The fourth-order valence-corrected chi connectivity index (χ4v) is 1.92. The second kappa shape index (κ2) is 7.23. The molecule has 2 rings (SSSR count). The summed E-state index contributed by atoms with van der Waals surface area (Å²) in [5.74, 6) is 0.0771. The highest BCUT2D eigenvalue weighted by Crippen LogP contribution is 2.16. The number of nitrogens with one attached hydrogen (secondary N) is 1. The molecule has 0 aromatic heterocycles. The Morgan fingerprint density at radius 1 is 1.17 bits per heavy atom. The molecule has 5 nitrogen and oxygen atoms in total. The fraction of sp³-hybridized carbons (Fsp3) is 0.167. The molecule has 116 valence electrons. The van der Waals surface area contributed by atoms with Gasteiger partial charge in [-0.1, -0.05) is 12.1 Å². The van der Waals surface area contributed by atoms with Gasteiger partial charge in [-0.3, -0.25) is 9.59 Å². The largest absolute Gasteiger partial charge is 0.481 e. The number of ether oxygens (including phenoxy) is 1. The highest BCUT2D eigenvalue weighted by molar-refractivity contribution is 5.95. The van der Waals surface area contributed by atoms with Crippen LogP contribution in [0, 0.1) is 11.3 Å².